The monoisotopic (exact) mass is 325 g/mol. The molecule has 0 bridgehead atoms. The van der Waals surface area contributed by atoms with E-state index in [1.165, 1.54) is 0 Å². The first-order valence-corrected chi connectivity index (χ1v) is 7.85. The first-order valence-electron chi connectivity index (χ1n) is 7.85. The molecule has 1 aromatic heterocycles. The number of nitrogens with zero attached hydrogens (tertiary/aromatic N) is 3. The van der Waals surface area contributed by atoms with Gasteiger partial charge >= 0.3 is 12.0 Å². The van der Waals surface area contributed by atoms with Gasteiger partial charge in [-0.3, -0.25) is 9.78 Å². The highest BCUT2D eigenvalue weighted by atomic mass is 16.4. The minimum absolute atomic E-state index is 0.0766. The molecule has 0 atom stereocenters. The molecule has 6 nitrogen and oxygen atoms in total. The summed E-state index contributed by atoms with van der Waals surface area (Å²) >= 11 is 0. The number of carboxylic acids is 1. The van der Waals surface area contributed by atoms with Crippen LogP contribution in [0.5, 0.6) is 0 Å². The SMILES string of the molecule is O=C(O)CCN(Cc1cccnc1)C(=O)N1Cc2ccccc2C1. The number of aromatic nitrogens is 1. The average molecular weight is 325 g/mol. The molecule has 0 spiro atoms. The van der Waals surface area contributed by atoms with Crippen molar-refractivity contribution < 1.29 is 14.7 Å². The Morgan fingerprint density at radius 3 is 2.42 bits per heavy atom. The van der Waals surface area contributed by atoms with E-state index >= 15 is 0 Å². The van der Waals surface area contributed by atoms with Crippen molar-refractivity contribution in [2.45, 2.75) is 26.1 Å². The van der Waals surface area contributed by atoms with Crippen LogP contribution >= 0.6 is 0 Å². The van der Waals surface area contributed by atoms with Gasteiger partial charge in [0.1, 0.15) is 0 Å². The van der Waals surface area contributed by atoms with Gasteiger partial charge in [-0.1, -0.05) is 30.3 Å². The molecule has 2 heterocycles. The predicted molar refractivity (Wildman–Crippen MR) is 88.0 cm³/mol. The van der Waals surface area contributed by atoms with Crippen molar-refractivity contribution in [2.75, 3.05) is 6.54 Å². The van der Waals surface area contributed by atoms with Crippen LogP contribution in [0, 0.1) is 0 Å². The van der Waals surface area contributed by atoms with Gasteiger partial charge in [-0.25, -0.2) is 4.79 Å². The standard InChI is InChI=1S/C18H19N3O3/c22-17(23)7-9-20(11-14-4-3-8-19-10-14)18(24)21-12-15-5-1-2-6-16(15)13-21/h1-6,8,10H,7,9,11-13H2,(H,22,23). The molecule has 1 aliphatic rings. The molecule has 124 valence electrons. The summed E-state index contributed by atoms with van der Waals surface area (Å²) in [6.07, 6.45) is 3.29. The lowest BCUT2D eigenvalue weighted by Crippen LogP contribution is -2.41. The lowest BCUT2D eigenvalue weighted by Gasteiger charge is -2.27. The number of carbonyl (C=O) groups excluding carboxylic acids is 1. The number of hydrogen-bond acceptors (Lipinski definition) is 3. The zero-order valence-corrected chi connectivity index (χ0v) is 13.3. The van der Waals surface area contributed by atoms with Crippen LogP contribution in [0.1, 0.15) is 23.1 Å². The molecule has 1 aliphatic heterocycles. The second kappa shape index (κ2) is 7.12. The highest BCUT2D eigenvalue weighted by Gasteiger charge is 2.27. The fourth-order valence-electron chi connectivity index (χ4n) is 2.85. The molecular formula is C18H19N3O3. The van der Waals surface area contributed by atoms with Crippen LogP contribution in [0.3, 0.4) is 0 Å². The topological polar surface area (TPSA) is 73.7 Å². The van der Waals surface area contributed by atoms with Gasteiger partial charge in [0.25, 0.3) is 0 Å². The molecule has 2 aromatic rings. The summed E-state index contributed by atoms with van der Waals surface area (Å²) in [4.78, 5) is 31.2. The number of amides is 2. The van der Waals surface area contributed by atoms with E-state index in [-0.39, 0.29) is 19.0 Å². The maximum absolute atomic E-state index is 12.9. The molecule has 24 heavy (non-hydrogen) atoms. The van der Waals surface area contributed by atoms with Crippen LogP contribution in [-0.2, 0) is 24.4 Å². The Kier molecular flexibility index (Phi) is 4.74. The van der Waals surface area contributed by atoms with Gasteiger partial charge in [-0.15, -0.1) is 0 Å². The minimum Gasteiger partial charge on any atom is -0.481 e. The van der Waals surface area contributed by atoms with Gasteiger partial charge < -0.3 is 14.9 Å². The lowest BCUT2D eigenvalue weighted by atomic mass is 10.1. The fraction of sp³-hybridized carbons (Fsp3) is 0.278. The highest BCUT2D eigenvalue weighted by Crippen LogP contribution is 2.23. The van der Waals surface area contributed by atoms with Crippen molar-refractivity contribution in [1.29, 1.82) is 0 Å². The van der Waals surface area contributed by atoms with Crippen LogP contribution in [0.4, 0.5) is 4.79 Å². The third-order valence-electron chi connectivity index (χ3n) is 4.07. The lowest BCUT2D eigenvalue weighted by molar-refractivity contribution is -0.137. The quantitative estimate of drug-likeness (QED) is 0.916. The average Bonchev–Trinajstić information content (AvgIpc) is 3.03. The van der Waals surface area contributed by atoms with Crippen LogP contribution in [0.25, 0.3) is 0 Å². The van der Waals surface area contributed by atoms with Gasteiger partial charge in [-0.05, 0) is 22.8 Å². The maximum Gasteiger partial charge on any atom is 0.320 e. The van der Waals surface area contributed by atoms with Crippen molar-refractivity contribution in [3.05, 3.63) is 65.5 Å². The van der Waals surface area contributed by atoms with E-state index in [2.05, 4.69) is 4.98 Å². The van der Waals surface area contributed by atoms with E-state index < -0.39 is 5.97 Å². The van der Waals surface area contributed by atoms with Gasteiger partial charge in [0, 0.05) is 38.6 Å². The molecule has 0 saturated carbocycles. The normalized spacial score (nSPS) is 12.8. The van der Waals surface area contributed by atoms with E-state index in [1.807, 2.05) is 30.3 Å². The van der Waals surface area contributed by atoms with Crippen molar-refractivity contribution in [3.63, 3.8) is 0 Å². The first kappa shape index (κ1) is 16.0. The third kappa shape index (κ3) is 3.71. The van der Waals surface area contributed by atoms with Gasteiger partial charge in [0.05, 0.1) is 6.42 Å². The zero-order valence-electron chi connectivity index (χ0n) is 13.3. The van der Waals surface area contributed by atoms with E-state index in [0.29, 0.717) is 19.6 Å². The number of pyridine rings is 1. The molecule has 2 amide bonds. The minimum atomic E-state index is -0.913. The summed E-state index contributed by atoms with van der Waals surface area (Å²) in [7, 11) is 0. The van der Waals surface area contributed by atoms with E-state index in [9.17, 15) is 9.59 Å². The van der Waals surface area contributed by atoms with Crippen molar-refractivity contribution >= 4 is 12.0 Å². The molecule has 1 aromatic carbocycles. The first-order chi connectivity index (χ1) is 11.6. The van der Waals surface area contributed by atoms with Crippen molar-refractivity contribution in [3.8, 4) is 0 Å². The van der Waals surface area contributed by atoms with Crippen LogP contribution in [0.2, 0.25) is 0 Å². The second-order valence-electron chi connectivity index (χ2n) is 5.83. The summed E-state index contributed by atoms with van der Waals surface area (Å²) < 4.78 is 0. The number of fused-ring (bicyclic) bond motifs is 1. The number of benzene rings is 1. The number of carbonyl (C=O) groups is 2. The second-order valence-corrected chi connectivity index (χ2v) is 5.83. The van der Waals surface area contributed by atoms with Crippen molar-refractivity contribution in [1.82, 2.24) is 14.8 Å². The highest BCUT2D eigenvalue weighted by molar-refractivity contribution is 5.76. The number of rotatable bonds is 5. The van der Waals surface area contributed by atoms with Gasteiger partial charge in [-0.2, -0.15) is 0 Å². The number of hydrogen-bond donors (Lipinski definition) is 1. The number of urea groups is 1. The number of aliphatic carboxylic acids is 1. The van der Waals surface area contributed by atoms with E-state index in [1.54, 1.807) is 28.3 Å². The summed E-state index contributed by atoms with van der Waals surface area (Å²) in [5.74, 6) is -0.913. The molecule has 0 radical (unpaired) electrons. The molecule has 3 rings (SSSR count). The fourth-order valence-corrected chi connectivity index (χ4v) is 2.85. The summed E-state index contributed by atoms with van der Waals surface area (Å²) in [6, 6.07) is 11.5. The number of carboxylic acid groups (broad SMARTS) is 1. The Balaban J connectivity index is 1.72. The molecule has 0 aliphatic carbocycles. The van der Waals surface area contributed by atoms with Crippen LogP contribution in [-0.4, -0.2) is 38.4 Å². The molecule has 0 unspecified atom stereocenters. The summed E-state index contributed by atoms with van der Waals surface area (Å²) in [6.45, 7) is 1.65. The summed E-state index contributed by atoms with van der Waals surface area (Å²) in [5, 5.41) is 8.95. The van der Waals surface area contributed by atoms with E-state index in [0.717, 1.165) is 16.7 Å². The summed E-state index contributed by atoms with van der Waals surface area (Å²) in [5.41, 5.74) is 3.17. The molecule has 0 saturated heterocycles. The molecular weight excluding hydrogens is 306 g/mol. The molecule has 0 fully saturated rings. The molecule has 1 N–H and O–H groups in total. The Labute approximate surface area is 140 Å². The Morgan fingerprint density at radius 2 is 1.83 bits per heavy atom. The third-order valence-corrected chi connectivity index (χ3v) is 4.07. The Bertz CT molecular complexity index is 708. The maximum atomic E-state index is 12.9. The van der Waals surface area contributed by atoms with E-state index in [4.69, 9.17) is 5.11 Å². The van der Waals surface area contributed by atoms with Gasteiger partial charge in [0.15, 0.2) is 0 Å². The Hall–Kier alpha value is -2.89. The van der Waals surface area contributed by atoms with Crippen LogP contribution in [0.15, 0.2) is 48.8 Å². The molecule has 6 heteroatoms. The largest absolute Gasteiger partial charge is 0.481 e. The van der Waals surface area contributed by atoms with Crippen LogP contribution < -0.4 is 0 Å². The van der Waals surface area contributed by atoms with Crippen molar-refractivity contribution in [2.24, 2.45) is 0 Å². The zero-order chi connectivity index (χ0) is 16.9. The van der Waals surface area contributed by atoms with Gasteiger partial charge in [0.2, 0.25) is 0 Å². The predicted octanol–water partition coefficient (Wildman–Crippen LogP) is 2.49. The smallest absolute Gasteiger partial charge is 0.320 e. The Morgan fingerprint density at radius 1 is 1.12 bits per heavy atom.